The number of hydrogen-bond acceptors (Lipinski definition) is 7. The number of carbonyl (C=O) groups excluding carboxylic acids is 1. The Morgan fingerprint density at radius 2 is 1.82 bits per heavy atom. The van der Waals surface area contributed by atoms with Gasteiger partial charge in [-0.25, -0.2) is 18.7 Å². The summed E-state index contributed by atoms with van der Waals surface area (Å²) in [6.07, 6.45) is -1.34. The normalized spacial score (nSPS) is 17.6. The predicted octanol–water partition coefficient (Wildman–Crippen LogP) is 2.25. The van der Waals surface area contributed by atoms with Crippen molar-refractivity contribution in [2.75, 3.05) is 50.8 Å². The van der Waals surface area contributed by atoms with Gasteiger partial charge in [-0.1, -0.05) is 12.1 Å². The van der Waals surface area contributed by atoms with Crippen LogP contribution in [0.4, 0.5) is 14.6 Å². The number of nitrogens with two attached hydrogens (primary N) is 1. The SMILES string of the molecule is NCC(=O)N1CCC(c2cc(N3CCOCC3)nc(-n3c(C(F)F)nc4ccccc43)n2)CC1. The molecule has 2 fully saturated rings. The van der Waals surface area contributed by atoms with Crippen LogP contribution < -0.4 is 10.6 Å². The van der Waals surface area contributed by atoms with Gasteiger partial charge in [0.25, 0.3) is 6.43 Å². The molecule has 2 N–H and O–H groups in total. The van der Waals surface area contributed by atoms with Crippen LogP contribution in [-0.2, 0) is 9.53 Å². The molecule has 0 saturated carbocycles. The summed E-state index contributed by atoms with van der Waals surface area (Å²) in [6, 6.07) is 8.94. The van der Waals surface area contributed by atoms with Crippen molar-refractivity contribution in [1.82, 2.24) is 24.4 Å². The molecule has 2 saturated heterocycles. The van der Waals surface area contributed by atoms with Gasteiger partial charge in [-0.15, -0.1) is 0 Å². The summed E-state index contributed by atoms with van der Waals surface area (Å²) >= 11 is 0. The molecule has 1 aromatic carbocycles. The van der Waals surface area contributed by atoms with Crippen molar-refractivity contribution in [2.45, 2.75) is 25.2 Å². The molecule has 2 aromatic heterocycles. The molecule has 180 valence electrons. The molecular weight excluding hydrogens is 444 g/mol. The molecule has 34 heavy (non-hydrogen) atoms. The summed E-state index contributed by atoms with van der Waals surface area (Å²) in [6.45, 7) is 3.63. The molecule has 9 nitrogen and oxygen atoms in total. The molecule has 0 unspecified atom stereocenters. The zero-order chi connectivity index (χ0) is 23.7. The van der Waals surface area contributed by atoms with Gasteiger partial charge in [0.1, 0.15) is 5.82 Å². The quantitative estimate of drug-likeness (QED) is 0.609. The number of anilines is 1. The first-order valence-corrected chi connectivity index (χ1v) is 11.5. The highest BCUT2D eigenvalue weighted by Gasteiger charge is 2.28. The van der Waals surface area contributed by atoms with E-state index in [4.69, 9.17) is 20.4 Å². The van der Waals surface area contributed by atoms with E-state index in [1.54, 1.807) is 29.2 Å². The van der Waals surface area contributed by atoms with Crippen molar-refractivity contribution >= 4 is 22.8 Å². The van der Waals surface area contributed by atoms with E-state index in [1.807, 2.05) is 6.07 Å². The lowest BCUT2D eigenvalue weighted by molar-refractivity contribution is -0.130. The number of imidazole rings is 1. The molecule has 11 heteroatoms. The van der Waals surface area contributed by atoms with E-state index < -0.39 is 6.43 Å². The van der Waals surface area contributed by atoms with E-state index >= 15 is 0 Å². The minimum absolute atomic E-state index is 0.00634. The van der Waals surface area contributed by atoms with Crippen LogP contribution in [0.3, 0.4) is 0 Å². The van der Waals surface area contributed by atoms with Crippen LogP contribution in [0.15, 0.2) is 30.3 Å². The van der Waals surface area contributed by atoms with E-state index in [-0.39, 0.29) is 30.1 Å². The maximum Gasteiger partial charge on any atom is 0.296 e. The van der Waals surface area contributed by atoms with E-state index in [9.17, 15) is 13.6 Å². The molecule has 0 aliphatic carbocycles. The molecule has 1 amide bonds. The third-order valence-corrected chi connectivity index (χ3v) is 6.48. The highest BCUT2D eigenvalue weighted by molar-refractivity contribution is 5.78. The monoisotopic (exact) mass is 471 g/mol. The maximum atomic E-state index is 14.0. The summed E-state index contributed by atoms with van der Waals surface area (Å²) in [5.41, 5.74) is 7.29. The molecule has 2 aliphatic rings. The van der Waals surface area contributed by atoms with E-state index in [0.717, 1.165) is 18.5 Å². The Bertz CT molecular complexity index is 1170. The summed E-state index contributed by atoms with van der Waals surface area (Å²) < 4.78 is 34.8. The number of nitrogens with zero attached hydrogens (tertiary/aromatic N) is 6. The first-order valence-electron chi connectivity index (χ1n) is 11.5. The number of fused-ring (bicyclic) bond motifs is 1. The highest BCUT2D eigenvalue weighted by atomic mass is 19.3. The first kappa shape index (κ1) is 22.6. The second-order valence-corrected chi connectivity index (χ2v) is 8.50. The van der Waals surface area contributed by atoms with Crippen molar-refractivity contribution in [3.63, 3.8) is 0 Å². The molecule has 3 aromatic rings. The van der Waals surface area contributed by atoms with E-state index in [1.165, 1.54) is 4.57 Å². The Kier molecular flexibility index (Phi) is 6.38. The van der Waals surface area contributed by atoms with E-state index in [2.05, 4.69) is 9.88 Å². The summed E-state index contributed by atoms with van der Waals surface area (Å²) in [5.74, 6) is 0.496. The van der Waals surface area contributed by atoms with Gasteiger partial charge in [0, 0.05) is 38.2 Å². The number of benzene rings is 1. The average Bonchev–Trinajstić information content (AvgIpc) is 3.29. The lowest BCUT2D eigenvalue weighted by atomic mass is 9.93. The van der Waals surface area contributed by atoms with Gasteiger partial charge >= 0.3 is 0 Å². The van der Waals surface area contributed by atoms with Crippen LogP contribution >= 0.6 is 0 Å². The average molecular weight is 472 g/mol. The van der Waals surface area contributed by atoms with Gasteiger partial charge in [-0.05, 0) is 25.0 Å². The minimum atomic E-state index is -2.78. The van der Waals surface area contributed by atoms with Gasteiger partial charge in [0.05, 0.1) is 36.5 Å². The molecule has 5 rings (SSSR count). The third kappa shape index (κ3) is 4.32. The smallest absolute Gasteiger partial charge is 0.296 e. The summed E-state index contributed by atoms with van der Waals surface area (Å²) in [4.78, 5) is 29.5. The number of aromatic nitrogens is 4. The molecule has 0 atom stereocenters. The molecule has 2 aliphatic heterocycles. The Balaban J connectivity index is 1.58. The number of carbonyl (C=O) groups is 1. The number of rotatable bonds is 5. The molecule has 0 spiro atoms. The van der Waals surface area contributed by atoms with Crippen LogP contribution in [0.25, 0.3) is 17.0 Å². The molecule has 4 heterocycles. The second kappa shape index (κ2) is 9.59. The Labute approximate surface area is 195 Å². The van der Waals surface area contributed by atoms with Crippen molar-refractivity contribution in [2.24, 2.45) is 5.73 Å². The largest absolute Gasteiger partial charge is 0.378 e. The Morgan fingerprint density at radius 1 is 1.09 bits per heavy atom. The van der Waals surface area contributed by atoms with Gasteiger partial charge in [0.2, 0.25) is 11.9 Å². The maximum absolute atomic E-state index is 14.0. The van der Waals surface area contributed by atoms with Crippen molar-refractivity contribution in [3.05, 3.63) is 41.9 Å². The van der Waals surface area contributed by atoms with Gasteiger partial charge in [0.15, 0.2) is 5.82 Å². The fourth-order valence-electron chi connectivity index (χ4n) is 4.66. The lowest BCUT2D eigenvalue weighted by Gasteiger charge is -2.33. The fourth-order valence-corrected chi connectivity index (χ4v) is 4.66. The van der Waals surface area contributed by atoms with Crippen molar-refractivity contribution in [3.8, 4) is 5.95 Å². The highest BCUT2D eigenvalue weighted by Crippen LogP contribution is 2.32. The number of likely N-dealkylation sites (tertiary alicyclic amines) is 1. The topological polar surface area (TPSA) is 102 Å². The molecule has 0 radical (unpaired) electrons. The minimum Gasteiger partial charge on any atom is -0.378 e. The number of amides is 1. The second-order valence-electron chi connectivity index (χ2n) is 8.50. The number of ether oxygens (including phenoxy) is 1. The van der Waals surface area contributed by atoms with Crippen LogP contribution in [0.5, 0.6) is 0 Å². The molecule has 0 bridgehead atoms. The number of para-hydroxylation sites is 2. The van der Waals surface area contributed by atoms with Crippen molar-refractivity contribution < 1.29 is 18.3 Å². The third-order valence-electron chi connectivity index (χ3n) is 6.48. The van der Waals surface area contributed by atoms with Crippen LogP contribution in [0.2, 0.25) is 0 Å². The Hall–Kier alpha value is -3.18. The molecular formula is C23H27F2N7O2. The number of halogens is 2. The van der Waals surface area contributed by atoms with Crippen LogP contribution in [-0.4, -0.2) is 76.3 Å². The standard InChI is InChI=1S/C23H27F2N7O2/c24-21(25)22-27-16-3-1-2-4-18(16)32(22)23-28-17(13-19(29-23)30-9-11-34-12-10-30)15-5-7-31(8-6-15)20(33)14-26/h1-4,13,15,21H,5-12,14,26H2. The van der Waals surface area contributed by atoms with Crippen molar-refractivity contribution in [1.29, 1.82) is 0 Å². The zero-order valence-electron chi connectivity index (χ0n) is 18.7. The van der Waals surface area contributed by atoms with Gasteiger partial charge in [-0.2, -0.15) is 4.98 Å². The van der Waals surface area contributed by atoms with Gasteiger partial charge < -0.3 is 20.3 Å². The number of alkyl halides is 2. The summed E-state index contributed by atoms with van der Waals surface area (Å²) in [7, 11) is 0. The fraction of sp³-hybridized carbons (Fsp3) is 0.478. The lowest BCUT2D eigenvalue weighted by Crippen LogP contribution is -2.41. The van der Waals surface area contributed by atoms with Crippen LogP contribution in [0.1, 0.15) is 36.7 Å². The number of morpholine rings is 1. The van der Waals surface area contributed by atoms with Gasteiger partial charge in [-0.3, -0.25) is 9.36 Å². The van der Waals surface area contributed by atoms with Crippen LogP contribution in [0, 0.1) is 0 Å². The zero-order valence-corrected chi connectivity index (χ0v) is 18.7. The van der Waals surface area contributed by atoms with E-state index in [0.29, 0.717) is 56.2 Å². The first-order chi connectivity index (χ1) is 16.5. The number of piperidine rings is 1. The predicted molar refractivity (Wildman–Crippen MR) is 122 cm³/mol. The Morgan fingerprint density at radius 3 is 2.53 bits per heavy atom. The summed E-state index contributed by atoms with van der Waals surface area (Å²) in [5, 5.41) is 0. The number of hydrogen-bond donors (Lipinski definition) is 1.